The predicted octanol–water partition coefficient (Wildman–Crippen LogP) is 3.58. The smallest absolute Gasteiger partial charge is 0.258 e. The molecule has 1 fully saturated rings. The molecule has 1 saturated heterocycles. The van der Waals surface area contributed by atoms with Crippen molar-refractivity contribution in [1.82, 2.24) is 10.3 Å². The first kappa shape index (κ1) is 16.2. The minimum absolute atomic E-state index is 0.0243. The number of rotatable bonds is 3. The van der Waals surface area contributed by atoms with Gasteiger partial charge >= 0.3 is 0 Å². The largest absolute Gasteiger partial charge is 0.349 e. The second-order valence-electron chi connectivity index (χ2n) is 6.29. The molecular formula is C20H16FN3O2. The lowest BCUT2D eigenvalue weighted by atomic mass is 10.0. The van der Waals surface area contributed by atoms with E-state index in [-0.39, 0.29) is 17.5 Å². The van der Waals surface area contributed by atoms with Gasteiger partial charge in [0.05, 0.1) is 11.6 Å². The average molecular weight is 349 g/mol. The molecular weight excluding hydrogens is 333 g/mol. The number of carbonyl (C=O) groups excluding carboxylic acids is 2. The molecule has 130 valence electrons. The Hall–Kier alpha value is -3.28. The second-order valence-corrected chi connectivity index (χ2v) is 6.29. The molecule has 2 aromatic carbocycles. The van der Waals surface area contributed by atoms with E-state index in [0.29, 0.717) is 22.9 Å². The molecule has 4 rings (SSSR count). The van der Waals surface area contributed by atoms with Crippen LogP contribution in [0.25, 0.3) is 10.8 Å². The standard InChI is InChI=1S/C20H16FN3O2/c21-17-10-12-6-7-22-11-14(12)9-16(17)20(26)23-15-3-1-2-13(8-15)18-4-5-19(25)24-18/h1-3,6-11,18H,4-5H2,(H,23,26)(H,24,25). The van der Waals surface area contributed by atoms with Crippen LogP contribution < -0.4 is 10.6 Å². The van der Waals surface area contributed by atoms with Gasteiger partial charge in [0.2, 0.25) is 5.91 Å². The Morgan fingerprint density at radius 3 is 2.88 bits per heavy atom. The summed E-state index contributed by atoms with van der Waals surface area (Å²) in [6, 6.07) is 11.7. The van der Waals surface area contributed by atoms with Crippen molar-refractivity contribution in [3.8, 4) is 0 Å². The molecule has 2 N–H and O–H groups in total. The molecule has 1 aliphatic rings. The fourth-order valence-corrected chi connectivity index (χ4v) is 3.18. The predicted molar refractivity (Wildman–Crippen MR) is 96.2 cm³/mol. The highest BCUT2D eigenvalue weighted by molar-refractivity contribution is 6.06. The van der Waals surface area contributed by atoms with Gasteiger partial charge in [0.15, 0.2) is 0 Å². The van der Waals surface area contributed by atoms with Gasteiger partial charge in [-0.25, -0.2) is 4.39 Å². The monoisotopic (exact) mass is 349 g/mol. The Morgan fingerprint density at radius 2 is 2.08 bits per heavy atom. The number of nitrogens with zero attached hydrogens (tertiary/aromatic N) is 1. The van der Waals surface area contributed by atoms with Crippen molar-refractivity contribution in [2.24, 2.45) is 0 Å². The fraction of sp³-hybridized carbons (Fsp3) is 0.150. The highest BCUT2D eigenvalue weighted by Crippen LogP contribution is 2.26. The van der Waals surface area contributed by atoms with E-state index < -0.39 is 11.7 Å². The van der Waals surface area contributed by atoms with E-state index in [2.05, 4.69) is 15.6 Å². The highest BCUT2D eigenvalue weighted by Gasteiger charge is 2.22. The first-order valence-electron chi connectivity index (χ1n) is 8.34. The summed E-state index contributed by atoms with van der Waals surface area (Å²) in [5.74, 6) is -1.09. The van der Waals surface area contributed by atoms with Crippen LogP contribution in [0, 0.1) is 5.82 Å². The molecule has 6 heteroatoms. The van der Waals surface area contributed by atoms with Gasteiger partial charge in [0.1, 0.15) is 5.82 Å². The molecule has 3 aromatic rings. The number of hydrogen-bond acceptors (Lipinski definition) is 3. The summed E-state index contributed by atoms with van der Waals surface area (Å²) >= 11 is 0. The van der Waals surface area contributed by atoms with Crippen LogP contribution >= 0.6 is 0 Å². The number of pyridine rings is 1. The van der Waals surface area contributed by atoms with Gasteiger partial charge in [-0.3, -0.25) is 14.6 Å². The number of halogens is 1. The Labute approximate surface area is 149 Å². The molecule has 2 heterocycles. The molecule has 2 amide bonds. The Bertz CT molecular complexity index is 1020. The van der Waals surface area contributed by atoms with E-state index in [1.807, 2.05) is 6.07 Å². The molecule has 0 bridgehead atoms. The molecule has 26 heavy (non-hydrogen) atoms. The fourth-order valence-electron chi connectivity index (χ4n) is 3.18. The van der Waals surface area contributed by atoms with E-state index in [1.165, 1.54) is 12.1 Å². The first-order valence-corrected chi connectivity index (χ1v) is 8.34. The van der Waals surface area contributed by atoms with Gasteiger partial charge in [-0.05, 0) is 47.7 Å². The maximum Gasteiger partial charge on any atom is 0.258 e. The summed E-state index contributed by atoms with van der Waals surface area (Å²) in [6.45, 7) is 0. The lowest BCUT2D eigenvalue weighted by Crippen LogP contribution is -2.19. The minimum Gasteiger partial charge on any atom is -0.349 e. The maximum atomic E-state index is 14.3. The van der Waals surface area contributed by atoms with Crippen LogP contribution in [0.2, 0.25) is 0 Å². The molecule has 1 aliphatic heterocycles. The number of fused-ring (bicyclic) bond motifs is 1. The second kappa shape index (κ2) is 6.55. The summed E-state index contributed by atoms with van der Waals surface area (Å²) in [7, 11) is 0. The van der Waals surface area contributed by atoms with Gasteiger partial charge in [0, 0.05) is 29.9 Å². The van der Waals surface area contributed by atoms with Crippen LogP contribution in [0.15, 0.2) is 54.9 Å². The van der Waals surface area contributed by atoms with Crippen LogP contribution in [-0.2, 0) is 4.79 Å². The molecule has 0 saturated carbocycles. The summed E-state index contributed by atoms with van der Waals surface area (Å²) in [6.07, 6.45) is 4.39. The SMILES string of the molecule is O=C1CCC(c2cccc(NC(=O)c3cc4cnccc4cc3F)c2)N1. The number of amides is 2. The van der Waals surface area contributed by atoms with E-state index in [9.17, 15) is 14.0 Å². The Kier molecular flexibility index (Phi) is 4.08. The molecule has 0 spiro atoms. The van der Waals surface area contributed by atoms with E-state index in [4.69, 9.17) is 0 Å². The number of carbonyl (C=O) groups is 2. The van der Waals surface area contributed by atoms with Crippen molar-refractivity contribution >= 4 is 28.3 Å². The third-order valence-corrected chi connectivity index (χ3v) is 4.51. The third kappa shape index (κ3) is 3.13. The lowest BCUT2D eigenvalue weighted by Gasteiger charge is -2.13. The molecule has 1 unspecified atom stereocenters. The molecule has 5 nitrogen and oxygen atoms in total. The van der Waals surface area contributed by atoms with Crippen LogP contribution in [-0.4, -0.2) is 16.8 Å². The van der Waals surface area contributed by atoms with Gasteiger partial charge in [0.25, 0.3) is 5.91 Å². The number of benzene rings is 2. The number of anilines is 1. The molecule has 0 aliphatic carbocycles. The van der Waals surface area contributed by atoms with Crippen LogP contribution in [0.3, 0.4) is 0 Å². The third-order valence-electron chi connectivity index (χ3n) is 4.51. The molecule has 1 atom stereocenters. The van der Waals surface area contributed by atoms with Gasteiger partial charge in [-0.15, -0.1) is 0 Å². The van der Waals surface area contributed by atoms with E-state index >= 15 is 0 Å². The van der Waals surface area contributed by atoms with Gasteiger partial charge in [-0.1, -0.05) is 12.1 Å². The maximum absolute atomic E-state index is 14.3. The zero-order valence-electron chi connectivity index (χ0n) is 13.8. The van der Waals surface area contributed by atoms with Gasteiger partial charge < -0.3 is 10.6 Å². The van der Waals surface area contributed by atoms with Crippen molar-refractivity contribution in [2.45, 2.75) is 18.9 Å². The number of nitrogens with one attached hydrogen (secondary N) is 2. The van der Waals surface area contributed by atoms with Gasteiger partial charge in [-0.2, -0.15) is 0 Å². The first-order chi connectivity index (χ1) is 12.6. The van der Waals surface area contributed by atoms with Crippen LogP contribution in [0.5, 0.6) is 0 Å². The van der Waals surface area contributed by atoms with Crippen molar-refractivity contribution in [3.63, 3.8) is 0 Å². The van der Waals surface area contributed by atoms with Crippen LogP contribution in [0.4, 0.5) is 10.1 Å². The summed E-state index contributed by atoms with van der Waals surface area (Å²) in [4.78, 5) is 27.9. The Morgan fingerprint density at radius 1 is 1.19 bits per heavy atom. The number of aromatic nitrogens is 1. The number of hydrogen-bond donors (Lipinski definition) is 2. The van der Waals surface area contributed by atoms with Crippen molar-refractivity contribution in [2.75, 3.05) is 5.32 Å². The topological polar surface area (TPSA) is 71.1 Å². The van der Waals surface area contributed by atoms with E-state index in [1.54, 1.807) is 36.7 Å². The molecule has 0 radical (unpaired) electrons. The van der Waals surface area contributed by atoms with E-state index in [0.717, 1.165) is 12.0 Å². The lowest BCUT2D eigenvalue weighted by molar-refractivity contribution is -0.119. The van der Waals surface area contributed by atoms with Crippen molar-refractivity contribution in [1.29, 1.82) is 0 Å². The normalized spacial score (nSPS) is 16.5. The highest BCUT2D eigenvalue weighted by atomic mass is 19.1. The summed E-state index contributed by atoms with van der Waals surface area (Å²) < 4.78 is 14.3. The van der Waals surface area contributed by atoms with Crippen molar-refractivity contribution < 1.29 is 14.0 Å². The average Bonchev–Trinajstić information content (AvgIpc) is 3.08. The quantitative estimate of drug-likeness (QED) is 0.759. The van der Waals surface area contributed by atoms with Crippen molar-refractivity contribution in [3.05, 3.63) is 71.8 Å². The molecule has 1 aromatic heterocycles. The van der Waals surface area contributed by atoms with Crippen LogP contribution in [0.1, 0.15) is 34.8 Å². The zero-order valence-corrected chi connectivity index (χ0v) is 13.8. The summed E-state index contributed by atoms with van der Waals surface area (Å²) in [5.41, 5.74) is 1.43. The summed E-state index contributed by atoms with van der Waals surface area (Å²) in [5, 5.41) is 7.00. The minimum atomic E-state index is -0.583. The zero-order chi connectivity index (χ0) is 18.1. The Balaban J connectivity index is 1.58.